The van der Waals surface area contributed by atoms with Gasteiger partial charge in [-0.1, -0.05) is 36.4 Å². The first-order valence-corrected chi connectivity index (χ1v) is 10.7. The zero-order valence-electron chi connectivity index (χ0n) is 18.3. The van der Waals surface area contributed by atoms with Gasteiger partial charge in [0, 0.05) is 17.1 Å². The Bertz CT molecular complexity index is 1030. The molecule has 1 atom stereocenters. The lowest BCUT2D eigenvalue weighted by molar-refractivity contribution is -0.139. The quantitative estimate of drug-likeness (QED) is 0.265. The second-order valence-electron chi connectivity index (χ2n) is 7.83. The van der Waals surface area contributed by atoms with Crippen molar-refractivity contribution < 1.29 is 19.4 Å². The fourth-order valence-electron chi connectivity index (χ4n) is 3.71. The number of likely N-dealkylation sites (tertiary alicyclic amines) is 1. The van der Waals surface area contributed by atoms with Crippen molar-refractivity contribution in [3.8, 4) is 5.75 Å². The van der Waals surface area contributed by atoms with E-state index in [4.69, 9.17) is 16.3 Å². The molecule has 6 nitrogen and oxygen atoms in total. The van der Waals surface area contributed by atoms with Crippen LogP contribution in [-0.2, 0) is 9.59 Å². The van der Waals surface area contributed by atoms with E-state index in [1.54, 1.807) is 48.5 Å². The van der Waals surface area contributed by atoms with E-state index in [9.17, 15) is 14.7 Å². The molecule has 3 rings (SSSR count). The number of carbonyl (C=O) groups excluding carboxylic acids is 2. The number of Topliss-reactive ketones (excluding diaryl/α,β-unsaturated/α-hetero) is 1. The third-order valence-corrected chi connectivity index (χ3v) is 5.46. The Kier molecular flexibility index (Phi) is 7.72. The Labute approximate surface area is 193 Å². The normalized spacial score (nSPS) is 17.8. The maximum atomic E-state index is 13.0. The number of amides is 1. The molecule has 0 aromatic heterocycles. The standard InChI is InChI=1S/C25H27ClN2O4/c1-4-15-32-20-8-5-7-18(16-20)22-21(23(29)17-9-11-19(26)12-10-17)24(30)25(31)28(22)14-6-13-27(2)3/h4-5,7-12,16,22,29H,1,6,13-15H2,2-3H3/b23-21-. The second kappa shape index (κ2) is 10.5. The van der Waals surface area contributed by atoms with Crippen LogP contribution >= 0.6 is 11.6 Å². The predicted octanol–water partition coefficient (Wildman–Crippen LogP) is 4.28. The van der Waals surface area contributed by atoms with Crippen molar-refractivity contribution in [3.63, 3.8) is 0 Å². The highest BCUT2D eigenvalue weighted by molar-refractivity contribution is 6.46. The highest BCUT2D eigenvalue weighted by Crippen LogP contribution is 2.40. The number of halogens is 1. The van der Waals surface area contributed by atoms with E-state index in [1.165, 1.54) is 4.90 Å². The van der Waals surface area contributed by atoms with Crippen LogP contribution in [0.5, 0.6) is 5.75 Å². The van der Waals surface area contributed by atoms with E-state index >= 15 is 0 Å². The molecule has 1 amide bonds. The van der Waals surface area contributed by atoms with Gasteiger partial charge in [0.1, 0.15) is 18.1 Å². The van der Waals surface area contributed by atoms with Gasteiger partial charge in [-0.2, -0.15) is 0 Å². The highest BCUT2D eigenvalue weighted by Gasteiger charge is 2.45. The van der Waals surface area contributed by atoms with Crippen LogP contribution in [0.1, 0.15) is 23.6 Å². The molecule has 1 aliphatic rings. The molecule has 1 saturated heterocycles. The summed E-state index contributed by atoms with van der Waals surface area (Å²) >= 11 is 5.97. The Hall–Kier alpha value is -3.09. The van der Waals surface area contributed by atoms with Gasteiger partial charge in [0.05, 0.1) is 11.6 Å². The lowest BCUT2D eigenvalue weighted by atomic mass is 9.95. The van der Waals surface area contributed by atoms with E-state index in [1.807, 2.05) is 25.1 Å². The van der Waals surface area contributed by atoms with E-state index in [2.05, 4.69) is 6.58 Å². The highest BCUT2D eigenvalue weighted by atomic mass is 35.5. The van der Waals surface area contributed by atoms with Crippen molar-refractivity contribution >= 4 is 29.1 Å². The van der Waals surface area contributed by atoms with Crippen LogP contribution in [0.3, 0.4) is 0 Å². The summed E-state index contributed by atoms with van der Waals surface area (Å²) in [4.78, 5) is 29.6. The van der Waals surface area contributed by atoms with Gasteiger partial charge < -0.3 is 19.6 Å². The van der Waals surface area contributed by atoms with E-state index in [0.717, 1.165) is 6.54 Å². The molecule has 7 heteroatoms. The molecule has 1 unspecified atom stereocenters. The Balaban J connectivity index is 2.08. The third-order valence-electron chi connectivity index (χ3n) is 5.20. The molecule has 2 aromatic carbocycles. The Morgan fingerprint density at radius 2 is 1.94 bits per heavy atom. The predicted molar refractivity (Wildman–Crippen MR) is 126 cm³/mol. The van der Waals surface area contributed by atoms with Gasteiger partial charge in [-0.25, -0.2) is 0 Å². The van der Waals surface area contributed by atoms with Gasteiger partial charge in [0.2, 0.25) is 0 Å². The number of hydrogen-bond donors (Lipinski definition) is 1. The molecule has 168 valence electrons. The number of nitrogens with zero attached hydrogens (tertiary/aromatic N) is 2. The first-order valence-electron chi connectivity index (χ1n) is 10.4. The minimum atomic E-state index is -0.722. The van der Waals surface area contributed by atoms with Gasteiger partial charge in [-0.3, -0.25) is 9.59 Å². The molecule has 0 saturated carbocycles. The van der Waals surface area contributed by atoms with E-state index in [-0.39, 0.29) is 11.3 Å². The maximum absolute atomic E-state index is 13.0. The van der Waals surface area contributed by atoms with Crippen LogP contribution in [0.15, 0.2) is 66.8 Å². The molecule has 1 aliphatic heterocycles. The second-order valence-corrected chi connectivity index (χ2v) is 8.26. The lowest BCUT2D eigenvalue weighted by Crippen LogP contribution is -2.32. The molecule has 32 heavy (non-hydrogen) atoms. The summed E-state index contributed by atoms with van der Waals surface area (Å²) in [5.74, 6) is -0.961. The average Bonchev–Trinajstić information content (AvgIpc) is 3.02. The van der Waals surface area contributed by atoms with Gasteiger partial charge in [0.25, 0.3) is 11.7 Å². The summed E-state index contributed by atoms with van der Waals surface area (Å²) in [6, 6.07) is 13.0. The first-order chi connectivity index (χ1) is 15.3. The number of aliphatic hydroxyl groups is 1. The summed E-state index contributed by atoms with van der Waals surface area (Å²) in [5.41, 5.74) is 1.17. The number of aliphatic hydroxyl groups excluding tert-OH is 1. The lowest BCUT2D eigenvalue weighted by Gasteiger charge is -2.26. The van der Waals surface area contributed by atoms with Crippen LogP contribution in [0, 0.1) is 0 Å². The molecule has 0 spiro atoms. The molecule has 1 fully saturated rings. The number of ether oxygens (including phenoxy) is 1. The zero-order chi connectivity index (χ0) is 23.3. The average molecular weight is 455 g/mol. The van der Waals surface area contributed by atoms with Crippen molar-refractivity contribution in [3.05, 3.63) is 82.9 Å². The zero-order valence-corrected chi connectivity index (χ0v) is 19.0. The molecule has 1 heterocycles. The Morgan fingerprint density at radius 3 is 2.59 bits per heavy atom. The van der Waals surface area contributed by atoms with Crippen LogP contribution in [0.4, 0.5) is 0 Å². The Morgan fingerprint density at radius 1 is 1.22 bits per heavy atom. The van der Waals surface area contributed by atoms with Crippen molar-refractivity contribution in [1.82, 2.24) is 9.80 Å². The smallest absolute Gasteiger partial charge is 0.295 e. The number of hydrogen-bond acceptors (Lipinski definition) is 5. The van der Waals surface area contributed by atoms with Gasteiger partial charge in [-0.15, -0.1) is 0 Å². The fourth-order valence-corrected chi connectivity index (χ4v) is 3.83. The number of benzene rings is 2. The van der Waals surface area contributed by atoms with E-state index < -0.39 is 17.7 Å². The minimum Gasteiger partial charge on any atom is -0.507 e. The van der Waals surface area contributed by atoms with Gasteiger partial charge in [-0.05, 0) is 69.0 Å². The number of carbonyl (C=O) groups is 2. The number of rotatable bonds is 9. The van der Waals surface area contributed by atoms with Crippen LogP contribution in [-0.4, -0.2) is 60.4 Å². The molecule has 2 aromatic rings. The summed E-state index contributed by atoms with van der Waals surface area (Å²) in [7, 11) is 3.90. The van der Waals surface area contributed by atoms with Crippen molar-refractivity contribution in [2.75, 3.05) is 33.8 Å². The van der Waals surface area contributed by atoms with Crippen molar-refractivity contribution in [1.29, 1.82) is 0 Å². The summed E-state index contributed by atoms with van der Waals surface area (Å²) in [6.45, 7) is 5.12. The van der Waals surface area contributed by atoms with E-state index in [0.29, 0.717) is 41.5 Å². The summed E-state index contributed by atoms with van der Waals surface area (Å²) in [5, 5.41) is 11.6. The van der Waals surface area contributed by atoms with Gasteiger partial charge >= 0.3 is 0 Å². The third kappa shape index (κ3) is 5.21. The molecule has 1 N–H and O–H groups in total. The fraction of sp³-hybridized carbons (Fsp3) is 0.280. The molecule has 0 aliphatic carbocycles. The summed E-state index contributed by atoms with van der Waals surface area (Å²) < 4.78 is 5.64. The van der Waals surface area contributed by atoms with Crippen molar-refractivity contribution in [2.24, 2.45) is 0 Å². The van der Waals surface area contributed by atoms with Crippen LogP contribution in [0.25, 0.3) is 5.76 Å². The minimum absolute atomic E-state index is 0.0584. The van der Waals surface area contributed by atoms with Crippen LogP contribution < -0.4 is 4.74 Å². The monoisotopic (exact) mass is 454 g/mol. The SMILES string of the molecule is C=CCOc1cccc(C2/C(=C(/O)c3ccc(Cl)cc3)C(=O)C(=O)N2CCCN(C)C)c1. The van der Waals surface area contributed by atoms with Crippen molar-refractivity contribution in [2.45, 2.75) is 12.5 Å². The topological polar surface area (TPSA) is 70.1 Å². The van der Waals surface area contributed by atoms with Crippen LogP contribution in [0.2, 0.25) is 5.02 Å². The molecular weight excluding hydrogens is 428 g/mol. The maximum Gasteiger partial charge on any atom is 0.295 e. The molecular formula is C25H27ClN2O4. The number of ketones is 1. The summed E-state index contributed by atoms with van der Waals surface area (Å²) in [6.07, 6.45) is 2.32. The van der Waals surface area contributed by atoms with Gasteiger partial charge in [0.15, 0.2) is 0 Å². The molecule has 0 bridgehead atoms. The molecule has 0 radical (unpaired) electrons. The first kappa shape index (κ1) is 23.6. The largest absolute Gasteiger partial charge is 0.507 e.